The monoisotopic (exact) mass is 420 g/mol. The van der Waals surface area contributed by atoms with Gasteiger partial charge in [-0.1, -0.05) is 116 Å². The molecule has 0 amide bonds. The van der Waals surface area contributed by atoms with E-state index in [1.165, 1.54) is 96.3 Å². The highest BCUT2D eigenvalue weighted by atomic mass is 31.2. The molecule has 168 valence electrons. The number of hydrogen-bond donors (Lipinski definition) is 1. The number of carbonyl (C=O) groups excluding carboxylic acids is 1. The predicted molar refractivity (Wildman–Crippen MR) is 117 cm³/mol. The summed E-state index contributed by atoms with van der Waals surface area (Å²) in [4.78, 5) is 20.3. The van der Waals surface area contributed by atoms with Crippen LogP contribution in [0.3, 0.4) is 0 Å². The Balaban J connectivity index is 3.16. The van der Waals surface area contributed by atoms with Crippen molar-refractivity contribution in [3.8, 4) is 0 Å². The van der Waals surface area contributed by atoms with Crippen molar-refractivity contribution in [2.45, 2.75) is 122 Å². The van der Waals surface area contributed by atoms with Gasteiger partial charge in [0.1, 0.15) is 0 Å². The zero-order valence-electron chi connectivity index (χ0n) is 18.5. The third kappa shape index (κ3) is 17.7. The number of unbranched alkanes of at least 4 members (excludes halogenated alkanes) is 17. The van der Waals surface area contributed by atoms with Crippen molar-refractivity contribution in [2.75, 3.05) is 13.7 Å². The zero-order valence-corrected chi connectivity index (χ0v) is 19.4. The highest BCUT2D eigenvalue weighted by Crippen LogP contribution is 2.42. The van der Waals surface area contributed by atoms with Crippen molar-refractivity contribution in [1.29, 1.82) is 0 Å². The second-order valence-electron chi connectivity index (χ2n) is 7.83. The summed E-state index contributed by atoms with van der Waals surface area (Å²) in [5.74, 6) is 0. The van der Waals surface area contributed by atoms with Gasteiger partial charge in [-0.05, 0) is 6.42 Å². The van der Waals surface area contributed by atoms with E-state index in [1.807, 2.05) is 0 Å². The van der Waals surface area contributed by atoms with Gasteiger partial charge in [0, 0.05) is 7.11 Å². The molecule has 5 nitrogen and oxygen atoms in total. The molecule has 0 aliphatic carbocycles. The van der Waals surface area contributed by atoms with Gasteiger partial charge in [-0.25, -0.2) is 9.36 Å². The molecule has 0 rings (SSSR count). The first-order valence-corrected chi connectivity index (χ1v) is 13.2. The normalized spacial score (nSPS) is 13.4. The second kappa shape index (κ2) is 19.9. The van der Waals surface area contributed by atoms with Crippen LogP contribution in [0.15, 0.2) is 0 Å². The van der Waals surface area contributed by atoms with Crippen molar-refractivity contribution < 1.29 is 23.5 Å². The molecule has 0 aliphatic rings. The Labute approximate surface area is 173 Å². The van der Waals surface area contributed by atoms with Crippen molar-refractivity contribution >= 4 is 13.3 Å². The van der Waals surface area contributed by atoms with Crippen molar-refractivity contribution in [3.05, 3.63) is 0 Å². The van der Waals surface area contributed by atoms with E-state index >= 15 is 0 Å². The van der Waals surface area contributed by atoms with E-state index < -0.39 is 13.3 Å². The Bertz CT molecular complexity index is 400. The first kappa shape index (κ1) is 27.6. The van der Waals surface area contributed by atoms with Crippen LogP contribution in [0, 0.1) is 0 Å². The largest absolute Gasteiger partial charge is 0.457 e. The quantitative estimate of drug-likeness (QED) is 0.150. The molecule has 0 heterocycles. The summed E-state index contributed by atoms with van der Waals surface area (Å²) in [6, 6.07) is 0. The summed E-state index contributed by atoms with van der Waals surface area (Å²) in [7, 11) is -3.19. The van der Waals surface area contributed by atoms with E-state index in [0.717, 1.165) is 26.4 Å². The number of rotatable bonds is 21. The molecule has 1 unspecified atom stereocenters. The maximum atomic E-state index is 11.2. The van der Waals surface area contributed by atoms with Crippen LogP contribution in [0.1, 0.15) is 122 Å². The maximum Gasteiger partial charge on any atom is 0.435 e. The first-order chi connectivity index (χ1) is 13.5. The molecule has 0 saturated heterocycles. The lowest BCUT2D eigenvalue weighted by Crippen LogP contribution is -2.05. The van der Waals surface area contributed by atoms with Gasteiger partial charge in [-0.3, -0.25) is 0 Å². The molecule has 0 bridgehead atoms. The van der Waals surface area contributed by atoms with E-state index in [4.69, 9.17) is 9.63 Å². The summed E-state index contributed by atoms with van der Waals surface area (Å²) >= 11 is 0. The molecule has 1 atom stereocenters. The van der Waals surface area contributed by atoms with Crippen molar-refractivity contribution in [2.24, 2.45) is 0 Å². The Hall–Kier alpha value is -0.380. The molecular weight excluding hydrogens is 375 g/mol. The van der Waals surface area contributed by atoms with Crippen LogP contribution in [0.2, 0.25) is 0 Å². The summed E-state index contributed by atoms with van der Waals surface area (Å²) in [5, 5.41) is 0. The summed E-state index contributed by atoms with van der Waals surface area (Å²) < 4.78 is 20.1. The fourth-order valence-electron chi connectivity index (χ4n) is 3.32. The van der Waals surface area contributed by atoms with E-state index in [9.17, 15) is 9.36 Å². The summed E-state index contributed by atoms with van der Waals surface area (Å²) in [5.41, 5.74) is -1.15. The molecule has 28 heavy (non-hydrogen) atoms. The van der Waals surface area contributed by atoms with Crippen LogP contribution in [0.25, 0.3) is 0 Å². The Morgan fingerprint density at radius 3 is 1.32 bits per heavy atom. The standard InChI is InChI=1S/C22H45O5P/c1-3-4-5-6-7-8-9-10-11-12-13-14-15-16-17-18-19-20-21-27-22(23)28(24,25)26-2/h3-21H2,1-2H3,(H,24,25). The highest BCUT2D eigenvalue weighted by Gasteiger charge is 2.30. The summed E-state index contributed by atoms with van der Waals surface area (Å²) in [6.07, 6.45) is 23.4. The smallest absolute Gasteiger partial charge is 0.435 e. The van der Waals surface area contributed by atoms with Crippen molar-refractivity contribution in [1.82, 2.24) is 0 Å². The average Bonchev–Trinajstić information content (AvgIpc) is 2.69. The van der Waals surface area contributed by atoms with E-state index in [-0.39, 0.29) is 6.61 Å². The van der Waals surface area contributed by atoms with Gasteiger partial charge < -0.3 is 14.2 Å². The van der Waals surface area contributed by atoms with Gasteiger partial charge in [-0.2, -0.15) is 0 Å². The first-order valence-electron chi connectivity index (χ1n) is 11.6. The molecule has 0 spiro atoms. The molecule has 0 aromatic carbocycles. The topological polar surface area (TPSA) is 72.8 Å². The molecular formula is C22H45O5P. The third-order valence-corrected chi connectivity index (χ3v) is 6.29. The van der Waals surface area contributed by atoms with E-state index in [2.05, 4.69) is 11.4 Å². The van der Waals surface area contributed by atoms with Crippen LogP contribution in [-0.4, -0.2) is 24.3 Å². The minimum atomic E-state index is -4.22. The Morgan fingerprint density at radius 2 is 1.00 bits per heavy atom. The number of hydrogen-bond acceptors (Lipinski definition) is 4. The molecule has 0 aromatic rings. The lowest BCUT2D eigenvalue weighted by molar-refractivity contribution is 0.158. The molecule has 0 saturated carbocycles. The predicted octanol–water partition coefficient (Wildman–Crippen LogP) is 8.00. The van der Waals surface area contributed by atoms with Crippen LogP contribution in [0.5, 0.6) is 0 Å². The zero-order chi connectivity index (χ0) is 20.9. The SMILES string of the molecule is CCCCCCCCCCCCCCCCCCCCOC(=O)P(=O)(O)OC. The minimum Gasteiger partial charge on any atom is -0.457 e. The van der Waals surface area contributed by atoms with Gasteiger partial charge in [0.2, 0.25) is 0 Å². The van der Waals surface area contributed by atoms with Crippen LogP contribution >= 0.6 is 7.60 Å². The molecule has 0 fully saturated rings. The molecule has 0 aromatic heterocycles. The lowest BCUT2D eigenvalue weighted by Gasteiger charge is -2.08. The molecule has 6 heteroatoms. The van der Waals surface area contributed by atoms with E-state index in [0.29, 0.717) is 0 Å². The lowest BCUT2D eigenvalue weighted by atomic mass is 10.0. The molecule has 0 aliphatic heterocycles. The summed E-state index contributed by atoms with van der Waals surface area (Å²) in [6.45, 7) is 2.46. The number of carbonyl (C=O) groups is 1. The van der Waals surface area contributed by atoms with Crippen LogP contribution < -0.4 is 0 Å². The van der Waals surface area contributed by atoms with Crippen LogP contribution in [-0.2, 0) is 13.8 Å². The third-order valence-electron chi connectivity index (χ3n) is 5.20. The Kier molecular flexibility index (Phi) is 19.6. The second-order valence-corrected chi connectivity index (χ2v) is 9.60. The van der Waals surface area contributed by atoms with Gasteiger partial charge in [0.15, 0.2) is 0 Å². The molecule has 1 N–H and O–H groups in total. The fraction of sp³-hybridized carbons (Fsp3) is 0.955. The number of ether oxygens (including phenoxy) is 1. The van der Waals surface area contributed by atoms with Crippen LogP contribution in [0.4, 0.5) is 4.79 Å². The minimum absolute atomic E-state index is 0.186. The maximum absolute atomic E-state index is 11.2. The van der Waals surface area contributed by atoms with Gasteiger partial charge in [0.05, 0.1) is 6.61 Å². The highest BCUT2D eigenvalue weighted by molar-refractivity contribution is 7.70. The van der Waals surface area contributed by atoms with Crippen molar-refractivity contribution in [3.63, 3.8) is 0 Å². The average molecular weight is 421 g/mol. The van der Waals surface area contributed by atoms with Gasteiger partial charge >= 0.3 is 13.3 Å². The Morgan fingerprint density at radius 1 is 0.679 bits per heavy atom. The van der Waals surface area contributed by atoms with Gasteiger partial charge in [-0.15, -0.1) is 0 Å². The van der Waals surface area contributed by atoms with Gasteiger partial charge in [0.25, 0.3) is 0 Å². The van der Waals surface area contributed by atoms with E-state index in [1.54, 1.807) is 0 Å². The fourth-order valence-corrected chi connectivity index (χ4v) is 3.72. The molecule has 0 radical (unpaired) electrons.